The summed E-state index contributed by atoms with van der Waals surface area (Å²) in [4.78, 5) is 21.1. The zero-order valence-corrected chi connectivity index (χ0v) is 16.4. The first-order valence-electron chi connectivity index (χ1n) is 8.87. The van der Waals surface area contributed by atoms with Gasteiger partial charge in [0.05, 0.1) is 29.1 Å². The molecular weight excluding hydrogens is 389 g/mol. The minimum atomic E-state index is -0.195. The van der Waals surface area contributed by atoms with Crippen molar-refractivity contribution in [3.63, 3.8) is 0 Å². The van der Waals surface area contributed by atoms with Crippen LogP contribution in [-0.4, -0.2) is 59.8 Å². The normalized spacial score (nSPS) is 17.6. The summed E-state index contributed by atoms with van der Waals surface area (Å²) in [6.45, 7) is 4.00. The van der Waals surface area contributed by atoms with E-state index in [1.54, 1.807) is 12.5 Å². The summed E-state index contributed by atoms with van der Waals surface area (Å²) in [5, 5.41) is 6.82. The van der Waals surface area contributed by atoms with E-state index in [2.05, 4.69) is 25.5 Å². The number of halogens is 2. The van der Waals surface area contributed by atoms with Crippen LogP contribution in [0.2, 0.25) is 10.0 Å². The highest BCUT2D eigenvalue weighted by Crippen LogP contribution is 2.23. The Bertz CT molecular complexity index is 741. The van der Waals surface area contributed by atoms with Crippen molar-refractivity contribution in [3.8, 4) is 0 Å². The highest BCUT2D eigenvalue weighted by molar-refractivity contribution is 6.42. The maximum Gasteiger partial charge on any atom is 0.314 e. The maximum atomic E-state index is 11.9. The van der Waals surface area contributed by atoms with Gasteiger partial charge in [-0.25, -0.2) is 9.78 Å². The van der Waals surface area contributed by atoms with E-state index < -0.39 is 0 Å². The SMILES string of the molecule is O=C(NCCc1cnc[nH]1)NC[C@H]1CN(Cc2ccc(Cl)c(Cl)c2)CCO1. The van der Waals surface area contributed by atoms with Gasteiger partial charge < -0.3 is 20.4 Å². The Morgan fingerprint density at radius 3 is 3.00 bits per heavy atom. The lowest BCUT2D eigenvalue weighted by atomic mass is 10.2. The molecule has 0 unspecified atom stereocenters. The number of ether oxygens (including phenoxy) is 1. The molecule has 146 valence electrons. The van der Waals surface area contributed by atoms with Gasteiger partial charge in [-0.1, -0.05) is 29.3 Å². The van der Waals surface area contributed by atoms with Crippen LogP contribution in [-0.2, 0) is 17.7 Å². The van der Waals surface area contributed by atoms with Crippen molar-refractivity contribution in [2.24, 2.45) is 0 Å². The number of morpholine rings is 1. The molecular formula is C18H23Cl2N5O2. The molecule has 1 fully saturated rings. The summed E-state index contributed by atoms with van der Waals surface area (Å²) in [5.41, 5.74) is 2.10. The van der Waals surface area contributed by atoms with Crippen molar-refractivity contribution in [1.29, 1.82) is 0 Å². The average Bonchev–Trinajstić information content (AvgIpc) is 3.17. The fourth-order valence-corrected chi connectivity index (χ4v) is 3.27. The lowest BCUT2D eigenvalue weighted by Crippen LogP contribution is -2.48. The molecule has 1 aliphatic heterocycles. The molecule has 0 bridgehead atoms. The van der Waals surface area contributed by atoms with Crippen LogP contribution in [0.4, 0.5) is 4.79 Å². The smallest absolute Gasteiger partial charge is 0.314 e. The lowest BCUT2D eigenvalue weighted by molar-refractivity contribution is -0.0287. The molecule has 1 atom stereocenters. The molecule has 0 aliphatic carbocycles. The monoisotopic (exact) mass is 411 g/mol. The third-order valence-electron chi connectivity index (χ3n) is 4.34. The number of nitrogens with one attached hydrogen (secondary N) is 3. The minimum Gasteiger partial charge on any atom is -0.374 e. The molecule has 2 heterocycles. The Morgan fingerprint density at radius 1 is 1.33 bits per heavy atom. The van der Waals surface area contributed by atoms with Crippen molar-refractivity contribution < 1.29 is 9.53 Å². The zero-order valence-electron chi connectivity index (χ0n) is 14.9. The molecule has 1 aromatic heterocycles. The standard InChI is InChI=1S/C18H23Cl2N5O2/c19-16-2-1-13(7-17(16)20)10-25-5-6-27-15(11-25)9-23-18(26)22-4-3-14-8-21-12-24-14/h1-2,7-8,12,15H,3-6,9-11H2,(H,21,24)(H2,22,23,26)/t15-/m0/s1. The van der Waals surface area contributed by atoms with E-state index in [9.17, 15) is 4.79 Å². The van der Waals surface area contributed by atoms with E-state index in [1.165, 1.54) is 0 Å². The molecule has 7 nitrogen and oxygen atoms in total. The van der Waals surface area contributed by atoms with Crippen LogP contribution < -0.4 is 10.6 Å². The second-order valence-electron chi connectivity index (χ2n) is 6.44. The van der Waals surface area contributed by atoms with Crippen LogP contribution in [0, 0.1) is 0 Å². The van der Waals surface area contributed by atoms with E-state index >= 15 is 0 Å². The van der Waals surface area contributed by atoms with Gasteiger partial charge in [0.25, 0.3) is 0 Å². The van der Waals surface area contributed by atoms with E-state index in [4.69, 9.17) is 27.9 Å². The van der Waals surface area contributed by atoms with Gasteiger partial charge in [0.2, 0.25) is 0 Å². The number of H-pyrrole nitrogens is 1. The van der Waals surface area contributed by atoms with E-state index in [0.29, 0.717) is 36.2 Å². The second-order valence-corrected chi connectivity index (χ2v) is 7.25. The fourth-order valence-electron chi connectivity index (χ4n) is 2.94. The number of aromatic nitrogens is 2. The van der Waals surface area contributed by atoms with Crippen molar-refractivity contribution in [1.82, 2.24) is 25.5 Å². The fraction of sp³-hybridized carbons (Fsp3) is 0.444. The molecule has 0 radical (unpaired) electrons. The largest absolute Gasteiger partial charge is 0.374 e. The summed E-state index contributed by atoms with van der Waals surface area (Å²) >= 11 is 12.1. The van der Waals surface area contributed by atoms with Gasteiger partial charge in [0.1, 0.15) is 0 Å². The van der Waals surface area contributed by atoms with E-state index in [0.717, 1.165) is 30.9 Å². The molecule has 3 rings (SSSR count). The van der Waals surface area contributed by atoms with Gasteiger partial charge in [-0.15, -0.1) is 0 Å². The number of carbonyl (C=O) groups is 1. The van der Waals surface area contributed by atoms with E-state index in [-0.39, 0.29) is 12.1 Å². The number of rotatable bonds is 7. The molecule has 2 aromatic rings. The van der Waals surface area contributed by atoms with E-state index in [1.807, 2.05) is 18.2 Å². The van der Waals surface area contributed by atoms with Gasteiger partial charge in [0.15, 0.2) is 0 Å². The van der Waals surface area contributed by atoms with Crippen LogP contribution in [0.5, 0.6) is 0 Å². The van der Waals surface area contributed by atoms with Crippen LogP contribution in [0.1, 0.15) is 11.3 Å². The van der Waals surface area contributed by atoms with Gasteiger partial charge >= 0.3 is 6.03 Å². The Hall–Kier alpha value is -1.80. The molecule has 27 heavy (non-hydrogen) atoms. The molecule has 1 aromatic carbocycles. The molecule has 2 amide bonds. The molecule has 0 spiro atoms. The number of aromatic amines is 1. The number of benzene rings is 1. The summed E-state index contributed by atoms with van der Waals surface area (Å²) < 4.78 is 5.76. The van der Waals surface area contributed by atoms with Crippen LogP contribution in [0.15, 0.2) is 30.7 Å². The maximum absolute atomic E-state index is 11.9. The molecule has 1 aliphatic rings. The van der Waals surface area contributed by atoms with Crippen LogP contribution in [0.25, 0.3) is 0 Å². The quantitative estimate of drug-likeness (QED) is 0.653. The molecule has 3 N–H and O–H groups in total. The first kappa shape index (κ1) is 19.9. The van der Waals surface area contributed by atoms with Crippen molar-refractivity contribution in [2.45, 2.75) is 19.1 Å². The van der Waals surface area contributed by atoms with Gasteiger partial charge in [-0.05, 0) is 17.7 Å². The Balaban J connectivity index is 1.37. The topological polar surface area (TPSA) is 82.3 Å². The number of hydrogen-bond donors (Lipinski definition) is 3. The second kappa shape index (κ2) is 9.94. The van der Waals surface area contributed by atoms with Crippen molar-refractivity contribution in [3.05, 3.63) is 52.0 Å². The number of hydrogen-bond acceptors (Lipinski definition) is 4. The predicted molar refractivity (Wildman–Crippen MR) is 105 cm³/mol. The minimum absolute atomic E-state index is 0.0418. The number of imidazole rings is 1. The number of amides is 2. The van der Waals surface area contributed by atoms with Crippen molar-refractivity contribution >= 4 is 29.2 Å². The third kappa shape index (κ3) is 6.39. The average molecular weight is 412 g/mol. The molecule has 0 saturated carbocycles. The van der Waals surface area contributed by atoms with Gasteiger partial charge in [-0.3, -0.25) is 4.90 Å². The summed E-state index contributed by atoms with van der Waals surface area (Å²) in [7, 11) is 0. The van der Waals surface area contributed by atoms with Crippen LogP contribution in [0.3, 0.4) is 0 Å². The Labute approximate surface area is 168 Å². The Kier molecular flexibility index (Phi) is 7.34. The molecule has 9 heteroatoms. The summed E-state index contributed by atoms with van der Waals surface area (Å²) in [6.07, 6.45) is 4.04. The highest BCUT2D eigenvalue weighted by atomic mass is 35.5. The Morgan fingerprint density at radius 2 is 2.22 bits per heavy atom. The first-order valence-corrected chi connectivity index (χ1v) is 9.62. The van der Waals surface area contributed by atoms with Crippen molar-refractivity contribution in [2.75, 3.05) is 32.8 Å². The first-order chi connectivity index (χ1) is 13.1. The lowest BCUT2D eigenvalue weighted by Gasteiger charge is -2.33. The predicted octanol–water partition coefficient (Wildman–Crippen LogP) is 2.46. The highest BCUT2D eigenvalue weighted by Gasteiger charge is 2.21. The number of carbonyl (C=O) groups excluding carboxylic acids is 1. The van der Waals surface area contributed by atoms with Gasteiger partial charge in [-0.2, -0.15) is 0 Å². The third-order valence-corrected chi connectivity index (χ3v) is 5.08. The van der Waals surface area contributed by atoms with Crippen LogP contribution >= 0.6 is 23.2 Å². The number of nitrogens with zero attached hydrogens (tertiary/aromatic N) is 2. The molecule has 1 saturated heterocycles. The summed E-state index contributed by atoms with van der Waals surface area (Å²) in [6, 6.07) is 5.48. The van der Waals surface area contributed by atoms with Gasteiger partial charge in [0, 0.05) is 51.0 Å². The number of urea groups is 1. The zero-order chi connectivity index (χ0) is 19.1. The summed E-state index contributed by atoms with van der Waals surface area (Å²) in [5.74, 6) is 0.